The van der Waals surface area contributed by atoms with Crippen molar-refractivity contribution in [3.05, 3.63) is 82.2 Å². The SMILES string of the molecule is Cc1cccc(N(Cc2ccccc2)C(=O)Cn2nc(C)oc2=O)c1. The highest BCUT2D eigenvalue weighted by Gasteiger charge is 2.19. The van der Waals surface area contributed by atoms with Crippen LogP contribution >= 0.6 is 0 Å². The number of nitrogens with zero attached hydrogens (tertiary/aromatic N) is 3. The van der Waals surface area contributed by atoms with E-state index in [1.807, 2.05) is 61.5 Å². The van der Waals surface area contributed by atoms with Crippen LogP contribution in [0, 0.1) is 13.8 Å². The number of aromatic nitrogens is 2. The van der Waals surface area contributed by atoms with Crippen molar-refractivity contribution < 1.29 is 9.21 Å². The summed E-state index contributed by atoms with van der Waals surface area (Å²) in [6, 6.07) is 17.4. The van der Waals surface area contributed by atoms with Crippen molar-refractivity contribution in [1.82, 2.24) is 9.78 Å². The Kier molecular flexibility index (Phi) is 4.79. The van der Waals surface area contributed by atoms with Gasteiger partial charge < -0.3 is 9.32 Å². The number of anilines is 1. The zero-order chi connectivity index (χ0) is 17.8. The van der Waals surface area contributed by atoms with Gasteiger partial charge in [0.1, 0.15) is 6.54 Å². The monoisotopic (exact) mass is 337 g/mol. The lowest BCUT2D eigenvalue weighted by Gasteiger charge is -2.23. The highest BCUT2D eigenvalue weighted by Crippen LogP contribution is 2.19. The third-order valence-electron chi connectivity index (χ3n) is 3.79. The summed E-state index contributed by atoms with van der Waals surface area (Å²) >= 11 is 0. The molecule has 0 bridgehead atoms. The van der Waals surface area contributed by atoms with Gasteiger partial charge in [-0.25, -0.2) is 4.79 Å². The van der Waals surface area contributed by atoms with Crippen molar-refractivity contribution in [2.45, 2.75) is 26.9 Å². The molecule has 0 aliphatic rings. The van der Waals surface area contributed by atoms with Gasteiger partial charge in [-0.3, -0.25) is 4.79 Å². The molecule has 1 heterocycles. The van der Waals surface area contributed by atoms with Crippen LogP contribution in [-0.4, -0.2) is 15.7 Å². The average Bonchev–Trinajstić information content (AvgIpc) is 2.90. The Hall–Kier alpha value is -3.15. The first-order valence-electron chi connectivity index (χ1n) is 7.98. The molecular formula is C19H19N3O3. The molecule has 0 unspecified atom stereocenters. The average molecular weight is 337 g/mol. The third-order valence-corrected chi connectivity index (χ3v) is 3.79. The van der Waals surface area contributed by atoms with Crippen molar-refractivity contribution in [3.63, 3.8) is 0 Å². The number of aryl methyl sites for hydroxylation is 2. The fourth-order valence-electron chi connectivity index (χ4n) is 2.61. The van der Waals surface area contributed by atoms with Crippen molar-refractivity contribution in [3.8, 4) is 0 Å². The van der Waals surface area contributed by atoms with Gasteiger partial charge in [-0.2, -0.15) is 4.68 Å². The van der Waals surface area contributed by atoms with Gasteiger partial charge in [0.2, 0.25) is 11.8 Å². The Morgan fingerprint density at radius 3 is 2.52 bits per heavy atom. The number of hydrogen-bond acceptors (Lipinski definition) is 4. The van der Waals surface area contributed by atoms with Gasteiger partial charge in [-0.05, 0) is 30.2 Å². The summed E-state index contributed by atoms with van der Waals surface area (Å²) in [5, 5.41) is 3.94. The molecule has 6 heteroatoms. The van der Waals surface area contributed by atoms with Gasteiger partial charge in [0.05, 0.1) is 6.54 Å². The molecule has 0 aliphatic carbocycles. The Bertz CT molecular complexity index is 928. The fraction of sp³-hybridized carbons (Fsp3) is 0.211. The molecule has 6 nitrogen and oxygen atoms in total. The number of hydrogen-bond donors (Lipinski definition) is 0. The standard InChI is InChI=1S/C19H19N3O3/c1-14-7-6-10-17(11-14)21(12-16-8-4-3-5-9-16)18(23)13-22-19(24)25-15(2)20-22/h3-11H,12-13H2,1-2H3. The number of benzene rings is 2. The van der Waals surface area contributed by atoms with Crippen molar-refractivity contribution in [1.29, 1.82) is 0 Å². The van der Waals surface area contributed by atoms with Crippen LogP contribution < -0.4 is 10.7 Å². The lowest BCUT2D eigenvalue weighted by Crippen LogP contribution is -2.36. The summed E-state index contributed by atoms with van der Waals surface area (Å²) in [4.78, 5) is 26.2. The summed E-state index contributed by atoms with van der Waals surface area (Å²) in [7, 11) is 0. The number of carbonyl (C=O) groups is 1. The quantitative estimate of drug-likeness (QED) is 0.718. The normalized spacial score (nSPS) is 10.6. The van der Waals surface area contributed by atoms with E-state index >= 15 is 0 Å². The largest absolute Gasteiger partial charge is 0.437 e. The van der Waals surface area contributed by atoms with Crippen LogP contribution in [0.25, 0.3) is 0 Å². The molecule has 0 spiro atoms. The molecule has 3 rings (SSSR count). The minimum absolute atomic E-state index is 0.170. The third kappa shape index (κ3) is 4.03. The van der Waals surface area contributed by atoms with E-state index in [9.17, 15) is 9.59 Å². The van der Waals surface area contributed by atoms with Crippen LogP contribution in [0.2, 0.25) is 0 Å². The molecule has 1 amide bonds. The molecule has 25 heavy (non-hydrogen) atoms. The predicted molar refractivity (Wildman–Crippen MR) is 94.3 cm³/mol. The van der Waals surface area contributed by atoms with Crippen LogP contribution in [0.3, 0.4) is 0 Å². The van der Waals surface area contributed by atoms with Gasteiger partial charge in [-0.15, -0.1) is 5.10 Å². The zero-order valence-electron chi connectivity index (χ0n) is 14.2. The first-order valence-corrected chi connectivity index (χ1v) is 7.98. The molecule has 0 saturated carbocycles. The van der Waals surface area contributed by atoms with E-state index in [0.717, 1.165) is 21.5 Å². The van der Waals surface area contributed by atoms with Gasteiger partial charge >= 0.3 is 5.76 Å². The summed E-state index contributed by atoms with van der Waals surface area (Å²) in [5.41, 5.74) is 2.83. The van der Waals surface area contributed by atoms with Gasteiger partial charge in [-0.1, -0.05) is 42.5 Å². The van der Waals surface area contributed by atoms with Crippen LogP contribution in [0.4, 0.5) is 5.69 Å². The second-order valence-electron chi connectivity index (χ2n) is 5.85. The molecule has 0 N–H and O–H groups in total. The van der Waals surface area contributed by atoms with Gasteiger partial charge in [0.25, 0.3) is 0 Å². The lowest BCUT2D eigenvalue weighted by molar-refractivity contribution is -0.119. The summed E-state index contributed by atoms with van der Waals surface area (Å²) in [6.07, 6.45) is 0. The predicted octanol–water partition coefficient (Wildman–Crippen LogP) is 2.69. The van der Waals surface area contributed by atoms with E-state index in [0.29, 0.717) is 6.54 Å². The van der Waals surface area contributed by atoms with E-state index < -0.39 is 5.76 Å². The van der Waals surface area contributed by atoms with Gasteiger partial charge in [0.15, 0.2) is 0 Å². The Morgan fingerprint density at radius 2 is 1.88 bits per heavy atom. The first-order chi connectivity index (χ1) is 12.0. The molecule has 0 saturated heterocycles. The minimum atomic E-state index is -0.630. The fourth-order valence-corrected chi connectivity index (χ4v) is 2.61. The molecule has 0 fully saturated rings. The maximum Gasteiger partial charge on any atom is 0.437 e. The van der Waals surface area contributed by atoms with Crippen molar-refractivity contribution >= 4 is 11.6 Å². The van der Waals surface area contributed by atoms with E-state index in [1.54, 1.807) is 11.8 Å². The molecule has 0 atom stereocenters. The second kappa shape index (κ2) is 7.17. The van der Waals surface area contributed by atoms with Crippen molar-refractivity contribution in [2.24, 2.45) is 0 Å². The smallest absolute Gasteiger partial charge is 0.393 e. The number of amides is 1. The van der Waals surface area contributed by atoms with E-state index in [1.165, 1.54) is 0 Å². The molecule has 128 valence electrons. The number of rotatable bonds is 5. The topological polar surface area (TPSA) is 68.3 Å². The van der Waals surface area contributed by atoms with E-state index in [4.69, 9.17) is 4.42 Å². The summed E-state index contributed by atoms with van der Waals surface area (Å²) in [6.45, 7) is 3.79. The molecule has 2 aromatic carbocycles. The van der Waals surface area contributed by atoms with Crippen molar-refractivity contribution in [2.75, 3.05) is 4.90 Å². The molecular weight excluding hydrogens is 318 g/mol. The van der Waals surface area contributed by atoms with Crippen LogP contribution in [0.15, 0.2) is 63.8 Å². The van der Waals surface area contributed by atoms with E-state index in [2.05, 4.69) is 5.10 Å². The van der Waals surface area contributed by atoms with Crippen LogP contribution in [-0.2, 0) is 17.9 Å². The van der Waals surface area contributed by atoms with Gasteiger partial charge in [0, 0.05) is 12.6 Å². The van der Waals surface area contributed by atoms with Crippen LogP contribution in [0.5, 0.6) is 0 Å². The second-order valence-corrected chi connectivity index (χ2v) is 5.85. The molecule has 0 radical (unpaired) electrons. The Labute approximate surface area is 145 Å². The summed E-state index contributed by atoms with van der Waals surface area (Å²) in [5.74, 6) is -0.623. The summed E-state index contributed by atoms with van der Waals surface area (Å²) < 4.78 is 5.91. The minimum Gasteiger partial charge on any atom is -0.393 e. The highest BCUT2D eigenvalue weighted by molar-refractivity contribution is 5.93. The number of carbonyl (C=O) groups excluding carboxylic acids is 1. The zero-order valence-corrected chi connectivity index (χ0v) is 14.2. The molecule has 1 aromatic heterocycles. The van der Waals surface area contributed by atoms with Crippen LogP contribution in [0.1, 0.15) is 17.0 Å². The lowest BCUT2D eigenvalue weighted by atomic mass is 10.1. The molecule has 0 aliphatic heterocycles. The first kappa shape index (κ1) is 16.7. The van der Waals surface area contributed by atoms with E-state index in [-0.39, 0.29) is 18.3 Å². The Balaban J connectivity index is 1.91. The maximum absolute atomic E-state index is 12.9. The highest BCUT2D eigenvalue weighted by atomic mass is 16.4. The maximum atomic E-state index is 12.9. The molecule has 3 aromatic rings. The Morgan fingerprint density at radius 1 is 1.12 bits per heavy atom.